The maximum Gasteiger partial charge on any atom is 0.267 e. The van der Waals surface area contributed by atoms with Crippen LogP contribution in [0.4, 0.5) is 0 Å². The molecule has 1 aromatic carbocycles. The van der Waals surface area contributed by atoms with Gasteiger partial charge in [-0.3, -0.25) is 4.79 Å². The number of aryl methyl sites for hydroxylation is 1. The first-order valence-corrected chi connectivity index (χ1v) is 7.24. The first kappa shape index (κ1) is 14.6. The predicted molar refractivity (Wildman–Crippen MR) is 83.2 cm³/mol. The SMILES string of the molecule is CCN(CC)CCNC(=O)c1cc2cc(C)ccc2[nH]1. The molecule has 0 spiro atoms. The molecule has 0 aliphatic carbocycles. The molecule has 1 aromatic heterocycles. The van der Waals surface area contributed by atoms with Crippen LogP contribution in [0.5, 0.6) is 0 Å². The molecule has 20 heavy (non-hydrogen) atoms. The van der Waals surface area contributed by atoms with Crippen LogP contribution < -0.4 is 5.32 Å². The molecule has 1 amide bonds. The van der Waals surface area contributed by atoms with E-state index in [0.29, 0.717) is 12.2 Å². The smallest absolute Gasteiger partial charge is 0.267 e. The normalized spacial score (nSPS) is 11.2. The van der Waals surface area contributed by atoms with Gasteiger partial charge in [-0.1, -0.05) is 25.5 Å². The number of H-pyrrole nitrogens is 1. The van der Waals surface area contributed by atoms with Crippen LogP contribution in [0.1, 0.15) is 29.9 Å². The molecule has 0 unspecified atom stereocenters. The number of likely N-dealkylation sites (N-methyl/N-ethyl adjacent to an activating group) is 1. The quantitative estimate of drug-likeness (QED) is 0.849. The Morgan fingerprint density at radius 1 is 1.25 bits per heavy atom. The van der Waals surface area contributed by atoms with Gasteiger partial charge in [0, 0.05) is 24.0 Å². The van der Waals surface area contributed by atoms with E-state index in [2.05, 4.69) is 42.0 Å². The van der Waals surface area contributed by atoms with Crippen molar-refractivity contribution in [1.82, 2.24) is 15.2 Å². The number of hydrogen-bond donors (Lipinski definition) is 2. The van der Waals surface area contributed by atoms with Crippen LogP contribution in [0.15, 0.2) is 24.3 Å². The van der Waals surface area contributed by atoms with Crippen LogP contribution in [0.3, 0.4) is 0 Å². The molecule has 0 aliphatic heterocycles. The first-order chi connectivity index (χ1) is 9.63. The molecule has 4 nitrogen and oxygen atoms in total. The highest BCUT2D eigenvalue weighted by Gasteiger charge is 2.09. The van der Waals surface area contributed by atoms with Gasteiger partial charge in [0.05, 0.1) is 0 Å². The van der Waals surface area contributed by atoms with Crippen LogP contribution >= 0.6 is 0 Å². The molecule has 0 saturated heterocycles. The monoisotopic (exact) mass is 273 g/mol. The number of benzene rings is 1. The van der Waals surface area contributed by atoms with Crippen LogP contribution in [-0.4, -0.2) is 42.0 Å². The van der Waals surface area contributed by atoms with E-state index in [1.807, 2.05) is 18.2 Å². The largest absolute Gasteiger partial charge is 0.351 e. The van der Waals surface area contributed by atoms with Gasteiger partial charge in [-0.15, -0.1) is 0 Å². The number of aromatic amines is 1. The summed E-state index contributed by atoms with van der Waals surface area (Å²) in [6, 6.07) is 8.05. The minimum atomic E-state index is -0.0361. The Hall–Kier alpha value is -1.81. The van der Waals surface area contributed by atoms with E-state index < -0.39 is 0 Å². The van der Waals surface area contributed by atoms with Crippen molar-refractivity contribution >= 4 is 16.8 Å². The fourth-order valence-corrected chi connectivity index (χ4v) is 2.34. The van der Waals surface area contributed by atoms with Gasteiger partial charge in [0.2, 0.25) is 0 Å². The highest BCUT2D eigenvalue weighted by molar-refractivity contribution is 5.98. The summed E-state index contributed by atoms with van der Waals surface area (Å²) < 4.78 is 0. The Kier molecular flexibility index (Phi) is 4.79. The van der Waals surface area contributed by atoms with E-state index in [4.69, 9.17) is 0 Å². The summed E-state index contributed by atoms with van der Waals surface area (Å²) in [4.78, 5) is 17.5. The number of amides is 1. The van der Waals surface area contributed by atoms with Crippen LogP contribution in [0.2, 0.25) is 0 Å². The number of hydrogen-bond acceptors (Lipinski definition) is 2. The molecule has 2 aromatic rings. The van der Waals surface area contributed by atoms with Crippen molar-refractivity contribution in [3.63, 3.8) is 0 Å². The zero-order chi connectivity index (χ0) is 14.5. The Bertz CT molecular complexity index is 584. The Morgan fingerprint density at radius 3 is 2.70 bits per heavy atom. The van der Waals surface area contributed by atoms with E-state index in [9.17, 15) is 4.79 Å². The highest BCUT2D eigenvalue weighted by Crippen LogP contribution is 2.16. The molecule has 1 heterocycles. The lowest BCUT2D eigenvalue weighted by atomic mass is 10.2. The van der Waals surface area contributed by atoms with Gasteiger partial charge in [-0.25, -0.2) is 0 Å². The molecule has 4 heteroatoms. The number of rotatable bonds is 6. The zero-order valence-electron chi connectivity index (χ0n) is 12.5. The molecular weight excluding hydrogens is 250 g/mol. The van der Waals surface area contributed by atoms with Crippen molar-refractivity contribution in [3.05, 3.63) is 35.5 Å². The predicted octanol–water partition coefficient (Wildman–Crippen LogP) is 2.55. The van der Waals surface area contributed by atoms with E-state index in [1.165, 1.54) is 5.56 Å². The van der Waals surface area contributed by atoms with Crippen LogP contribution in [0.25, 0.3) is 10.9 Å². The molecule has 2 rings (SSSR count). The van der Waals surface area contributed by atoms with Crippen molar-refractivity contribution in [1.29, 1.82) is 0 Å². The minimum Gasteiger partial charge on any atom is -0.351 e. The van der Waals surface area contributed by atoms with Crippen molar-refractivity contribution in [3.8, 4) is 0 Å². The fraction of sp³-hybridized carbons (Fsp3) is 0.438. The highest BCUT2D eigenvalue weighted by atomic mass is 16.1. The topological polar surface area (TPSA) is 48.1 Å². The fourth-order valence-electron chi connectivity index (χ4n) is 2.34. The molecule has 0 radical (unpaired) electrons. The number of aromatic nitrogens is 1. The van der Waals surface area contributed by atoms with E-state index in [-0.39, 0.29) is 5.91 Å². The van der Waals surface area contributed by atoms with Gasteiger partial charge < -0.3 is 15.2 Å². The lowest BCUT2D eigenvalue weighted by Crippen LogP contribution is -2.34. The zero-order valence-corrected chi connectivity index (χ0v) is 12.5. The summed E-state index contributed by atoms with van der Waals surface area (Å²) in [6.45, 7) is 9.90. The maximum absolute atomic E-state index is 12.1. The van der Waals surface area contributed by atoms with Crippen LogP contribution in [0, 0.1) is 6.92 Å². The average Bonchev–Trinajstić information content (AvgIpc) is 2.86. The standard InChI is InChI=1S/C16H23N3O/c1-4-19(5-2)9-8-17-16(20)15-11-13-10-12(3)6-7-14(13)18-15/h6-7,10-11,18H,4-5,8-9H2,1-3H3,(H,17,20). The van der Waals surface area contributed by atoms with E-state index in [1.54, 1.807) is 0 Å². The molecule has 0 fully saturated rings. The second-order valence-electron chi connectivity index (χ2n) is 5.06. The Morgan fingerprint density at radius 2 is 2.00 bits per heavy atom. The molecule has 0 bridgehead atoms. The van der Waals surface area contributed by atoms with E-state index >= 15 is 0 Å². The van der Waals surface area contributed by atoms with Gasteiger partial charge in [0.25, 0.3) is 5.91 Å². The summed E-state index contributed by atoms with van der Waals surface area (Å²) >= 11 is 0. The molecule has 0 saturated carbocycles. The number of fused-ring (bicyclic) bond motifs is 1. The second kappa shape index (κ2) is 6.57. The molecule has 0 atom stereocenters. The maximum atomic E-state index is 12.1. The van der Waals surface area contributed by atoms with Gasteiger partial charge in [-0.05, 0) is 38.2 Å². The first-order valence-electron chi connectivity index (χ1n) is 7.24. The third-order valence-corrected chi connectivity index (χ3v) is 3.63. The summed E-state index contributed by atoms with van der Waals surface area (Å²) in [5, 5.41) is 4.04. The van der Waals surface area contributed by atoms with Crippen molar-refractivity contribution in [2.75, 3.05) is 26.2 Å². The van der Waals surface area contributed by atoms with E-state index in [0.717, 1.165) is 30.5 Å². The second-order valence-corrected chi connectivity index (χ2v) is 5.06. The summed E-state index contributed by atoms with van der Waals surface area (Å²) in [5.41, 5.74) is 2.83. The third kappa shape index (κ3) is 3.39. The molecule has 0 aliphatic rings. The van der Waals surface area contributed by atoms with Crippen LogP contribution in [-0.2, 0) is 0 Å². The third-order valence-electron chi connectivity index (χ3n) is 3.63. The molecular formula is C16H23N3O. The summed E-state index contributed by atoms with van der Waals surface area (Å²) in [7, 11) is 0. The lowest BCUT2D eigenvalue weighted by Gasteiger charge is -2.17. The molecule has 2 N–H and O–H groups in total. The summed E-state index contributed by atoms with van der Waals surface area (Å²) in [6.07, 6.45) is 0. The Balaban J connectivity index is 1.97. The van der Waals surface area contributed by atoms with Crippen molar-refractivity contribution < 1.29 is 4.79 Å². The van der Waals surface area contributed by atoms with Gasteiger partial charge in [0.1, 0.15) is 5.69 Å². The number of nitrogens with zero attached hydrogens (tertiary/aromatic N) is 1. The van der Waals surface area contributed by atoms with Gasteiger partial charge in [-0.2, -0.15) is 0 Å². The van der Waals surface area contributed by atoms with Crippen molar-refractivity contribution in [2.45, 2.75) is 20.8 Å². The average molecular weight is 273 g/mol. The van der Waals surface area contributed by atoms with Gasteiger partial charge in [0.15, 0.2) is 0 Å². The molecule has 108 valence electrons. The lowest BCUT2D eigenvalue weighted by molar-refractivity contribution is 0.0945. The summed E-state index contributed by atoms with van der Waals surface area (Å²) in [5.74, 6) is -0.0361. The number of carbonyl (C=O) groups excluding carboxylic acids is 1. The number of carbonyl (C=O) groups is 1. The van der Waals surface area contributed by atoms with Gasteiger partial charge >= 0.3 is 0 Å². The van der Waals surface area contributed by atoms with Crippen molar-refractivity contribution in [2.24, 2.45) is 0 Å². The number of nitrogens with one attached hydrogen (secondary N) is 2. The Labute approximate surface area is 120 Å². The minimum absolute atomic E-state index is 0.0361.